The topological polar surface area (TPSA) is 75.6 Å². The molecule has 6 heteroatoms. The van der Waals surface area contributed by atoms with Crippen LogP contribution in [0.3, 0.4) is 0 Å². The van der Waals surface area contributed by atoms with Crippen molar-refractivity contribution >= 4 is 5.91 Å². The van der Waals surface area contributed by atoms with Gasteiger partial charge in [-0.2, -0.15) is 10.2 Å². The number of carbonyl (C=O) groups excluding carboxylic acids is 1. The van der Waals surface area contributed by atoms with Crippen molar-refractivity contribution in [1.82, 2.24) is 25.3 Å². The Bertz CT molecular complexity index is 964. The van der Waals surface area contributed by atoms with Gasteiger partial charge in [-0.05, 0) is 54.4 Å². The molecule has 0 spiro atoms. The Morgan fingerprint density at radius 2 is 2.03 bits per heavy atom. The summed E-state index contributed by atoms with van der Waals surface area (Å²) in [6.45, 7) is 6.66. The average Bonchev–Trinajstić information content (AvgIpc) is 3.36. The lowest BCUT2D eigenvalue weighted by Gasteiger charge is -2.24. The van der Waals surface area contributed by atoms with Crippen LogP contribution in [0.1, 0.15) is 68.5 Å². The molecule has 1 aliphatic rings. The van der Waals surface area contributed by atoms with E-state index in [9.17, 15) is 4.79 Å². The Morgan fingerprint density at radius 3 is 2.72 bits per heavy atom. The van der Waals surface area contributed by atoms with Crippen molar-refractivity contribution < 1.29 is 4.79 Å². The summed E-state index contributed by atoms with van der Waals surface area (Å²) in [5.41, 5.74) is 5.92. The van der Waals surface area contributed by atoms with Crippen molar-refractivity contribution in [3.05, 3.63) is 65.2 Å². The van der Waals surface area contributed by atoms with Crippen molar-refractivity contribution in [1.29, 1.82) is 0 Å². The number of nitrogens with zero attached hydrogens (tertiary/aromatic N) is 3. The van der Waals surface area contributed by atoms with E-state index >= 15 is 0 Å². The summed E-state index contributed by atoms with van der Waals surface area (Å²) in [6.07, 6.45) is 9.67. The molecule has 0 aliphatic heterocycles. The van der Waals surface area contributed by atoms with E-state index in [1.54, 1.807) is 6.20 Å². The van der Waals surface area contributed by atoms with Crippen molar-refractivity contribution in [3.63, 3.8) is 0 Å². The van der Waals surface area contributed by atoms with Crippen molar-refractivity contribution in [2.45, 2.75) is 64.3 Å². The maximum atomic E-state index is 12.5. The first-order valence-corrected chi connectivity index (χ1v) is 10.4. The molecular formula is C23H29N5O. The highest BCUT2D eigenvalue weighted by atomic mass is 16.1. The second-order valence-corrected chi connectivity index (χ2v) is 8.87. The van der Waals surface area contributed by atoms with Crippen LogP contribution in [0.25, 0.3) is 5.69 Å². The summed E-state index contributed by atoms with van der Waals surface area (Å²) < 4.78 is 2.03. The number of fused-ring (bicyclic) bond motifs is 1. The number of nitrogens with one attached hydrogen (secondary N) is 2. The van der Waals surface area contributed by atoms with Crippen LogP contribution in [0.2, 0.25) is 0 Å². The molecule has 0 fully saturated rings. The lowest BCUT2D eigenvalue weighted by atomic mass is 9.87. The number of H-pyrrole nitrogens is 1. The number of hydrogen-bond donors (Lipinski definition) is 2. The van der Waals surface area contributed by atoms with E-state index in [1.807, 2.05) is 17.1 Å². The van der Waals surface area contributed by atoms with Gasteiger partial charge in [-0.1, -0.05) is 32.9 Å². The van der Waals surface area contributed by atoms with Crippen molar-refractivity contribution in [3.8, 4) is 5.69 Å². The van der Waals surface area contributed by atoms with E-state index in [0.29, 0.717) is 12.8 Å². The number of aromatic amines is 1. The lowest BCUT2D eigenvalue weighted by molar-refractivity contribution is -0.121. The summed E-state index contributed by atoms with van der Waals surface area (Å²) in [5.74, 6) is 0.0753. The van der Waals surface area contributed by atoms with Crippen LogP contribution in [0.5, 0.6) is 0 Å². The predicted molar refractivity (Wildman–Crippen MR) is 113 cm³/mol. The molecule has 1 aliphatic carbocycles. The molecule has 3 aromatic rings. The van der Waals surface area contributed by atoms with Crippen LogP contribution in [0.15, 0.2) is 42.9 Å². The molecule has 0 bridgehead atoms. The SMILES string of the molecule is CC(C)(C)c1ccc(-n2ncc3c2CCC[C@@H]3NC(=O)CCc2cn[nH]c2)cc1. The molecule has 0 radical (unpaired) electrons. The molecule has 0 saturated carbocycles. The highest BCUT2D eigenvalue weighted by Gasteiger charge is 2.26. The molecule has 1 atom stereocenters. The van der Waals surface area contributed by atoms with E-state index in [0.717, 1.165) is 36.1 Å². The van der Waals surface area contributed by atoms with Crippen LogP contribution in [0, 0.1) is 0 Å². The number of amides is 1. The Hall–Kier alpha value is -2.89. The Balaban J connectivity index is 1.48. The highest BCUT2D eigenvalue weighted by molar-refractivity contribution is 5.76. The maximum absolute atomic E-state index is 12.5. The number of benzene rings is 1. The quantitative estimate of drug-likeness (QED) is 0.690. The summed E-state index contributed by atoms with van der Waals surface area (Å²) in [5, 5.41) is 14.6. The van der Waals surface area contributed by atoms with Crippen LogP contribution >= 0.6 is 0 Å². The fraction of sp³-hybridized carbons (Fsp3) is 0.435. The highest BCUT2D eigenvalue weighted by Crippen LogP contribution is 2.32. The van der Waals surface area contributed by atoms with Gasteiger partial charge in [0.25, 0.3) is 0 Å². The standard InChI is InChI=1S/C23H29N5O/c1-23(2,3)17-8-10-18(11-9-17)28-21-6-4-5-20(19(21)15-26-28)27-22(29)12-7-16-13-24-25-14-16/h8-11,13-15,20H,4-7,12H2,1-3H3,(H,24,25)(H,27,29)/t20-/m0/s1. The molecule has 2 heterocycles. The third-order valence-corrected chi connectivity index (χ3v) is 5.69. The van der Waals surface area contributed by atoms with Gasteiger partial charge >= 0.3 is 0 Å². The minimum atomic E-state index is 0.0400. The zero-order chi connectivity index (χ0) is 20.4. The van der Waals surface area contributed by atoms with Gasteiger partial charge in [0.15, 0.2) is 0 Å². The molecule has 0 saturated heterocycles. The summed E-state index contributed by atoms with van der Waals surface area (Å²) in [7, 11) is 0. The molecule has 1 amide bonds. The summed E-state index contributed by atoms with van der Waals surface area (Å²) in [6, 6.07) is 8.68. The fourth-order valence-electron chi connectivity index (χ4n) is 3.97. The number of carbonyl (C=O) groups is 1. The molecule has 4 rings (SSSR count). The predicted octanol–water partition coefficient (Wildman–Crippen LogP) is 4.02. The maximum Gasteiger partial charge on any atom is 0.220 e. The Labute approximate surface area is 171 Å². The van der Waals surface area contributed by atoms with E-state index in [4.69, 9.17) is 0 Å². The van der Waals surface area contributed by atoms with Crippen LogP contribution in [-0.2, 0) is 23.1 Å². The first-order chi connectivity index (χ1) is 13.9. The van der Waals surface area contributed by atoms with Crippen molar-refractivity contribution in [2.24, 2.45) is 0 Å². The minimum absolute atomic E-state index is 0.0400. The molecular weight excluding hydrogens is 362 g/mol. The van der Waals surface area contributed by atoms with Gasteiger partial charge in [-0.15, -0.1) is 0 Å². The molecule has 2 aromatic heterocycles. The van der Waals surface area contributed by atoms with Gasteiger partial charge in [0.05, 0.1) is 24.1 Å². The third kappa shape index (κ3) is 4.26. The molecule has 29 heavy (non-hydrogen) atoms. The smallest absolute Gasteiger partial charge is 0.220 e. The van der Waals surface area contributed by atoms with E-state index in [2.05, 4.69) is 65.6 Å². The minimum Gasteiger partial charge on any atom is -0.349 e. The second kappa shape index (κ2) is 7.85. The zero-order valence-electron chi connectivity index (χ0n) is 17.4. The fourth-order valence-corrected chi connectivity index (χ4v) is 3.97. The van der Waals surface area contributed by atoms with Gasteiger partial charge in [0.2, 0.25) is 5.91 Å². The molecule has 1 aromatic carbocycles. The van der Waals surface area contributed by atoms with Crippen molar-refractivity contribution in [2.75, 3.05) is 0 Å². The third-order valence-electron chi connectivity index (χ3n) is 5.69. The zero-order valence-corrected chi connectivity index (χ0v) is 17.4. The Morgan fingerprint density at radius 1 is 1.24 bits per heavy atom. The summed E-state index contributed by atoms with van der Waals surface area (Å²) in [4.78, 5) is 12.5. The molecule has 0 unspecified atom stereocenters. The van der Waals surface area contributed by atoms with E-state index in [-0.39, 0.29) is 17.4 Å². The largest absolute Gasteiger partial charge is 0.349 e. The van der Waals surface area contributed by atoms with Crippen LogP contribution in [-0.4, -0.2) is 25.9 Å². The van der Waals surface area contributed by atoms with Gasteiger partial charge in [0, 0.05) is 23.9 Å². The average molecular weight is 392 g/mol. The Kier molecular flexibility index (Phi) is 5.26. The monoisotopic (exact) mass is 391 g/mol. The first kappa shape index (κ1) is 19.4. The number of aromatic nitrogens is 4. The van der Waals surface area contributed by atoms with E-state index in [1.165, 1.54) is 11.3 Å². The first-order valence-electron chi connectivity index (χ1n) is 10.4. The lowest BCUT2D eigenvalue weighted by Crippen LogP contribution is -2.31. The van der Waals surface area contributed by atoms with E-state index < -0.39 is 0 Å². The van der Waals surface area contributed by atoms with Crippen LogP contribution < -0.4 is 5.32 Å². The number of aryl methyl sites for hydroxylation is 1. The molecule has 6 nitrogen and oxygen atoms in total. The van der Waals surface area contributed by atoms with Gasteiger partial charge in [-0.25, -0.2) is 4.68 Å². The number of hydrogen-bond acceptors (Lipinski definition) is 3. The number of rotatable bonds is 5. The summed E-state index contributed by atoms with van der Waals surface area (Å²) >= 11 is 0. The normalized spacial score (nSPS) is 16.4. The van der Waals surface area contributed by atoms with Gasteiger partial charge < -0.3 is 5.32 Å². The second-order valence-electron chi connectivity index (χ2n) is 8.87. The van der Waals surface area contributed by atoms with Crippen LogP contribution in [0.4, 0.5) is 0 Å². The molecule has 152 valence electrons. The van der Waals surface area contributed by atoms with Gasteiger partial charge in [0.1, 0.15) is 0 Å². The molecule has 2 N–H and O–H groups in total. The van der Waals surface area contributed by atoms with Gasteiger partial charge in [-0.3, -0.25) is 9.89 Å².